The van der Waals surface area contributed by atoms with Gasteiger partial charge in [0.1, 0.15) is 0 Å². The highest BCUT2D eigenvalue weighted by atomic mass is 32.2. The van der Waals surface area contributed by atoms with E-state index in [2.05, 4.69) is 4.98 Å². The largest absolute Gasteiger partial charge is 0.362 e. The molecule has 1 N–H and O–H groups in total. The summed E-state index contributed by atoms with van der Waals surface area (Å²) in [5, 5.41) is 2.05. The topological polar surface area (TPSA) is 15.8 Å². The van der Waals surface area contributed by atoms with E-state index in [1.54, 1.807) is 11.8 Å². The van der Waals surface area contributed by atoms with E-state index in [0.29, 0.717) is 0 Å². The number of hydrogen-bond acceptors (Lipinski definition) is 1. The summed E-state index contributed by atoms with van der Waals surface area (Å²) < 4.78 is 0. The highest BCUT2D eigenvalue weighted by Crippen LogP contribution is 2.01. The normalized spacial score (nSPS) is 10.8. The average molecular weight is 139 g/mol. The minimum atomic E-state index is 1.16. The number of hydrogen-bond donors (Lipinski definition) is 1. The predicted octanol–water partition coefficient (Wildman–Crippen LogP) is 2.35. The fourth-order valence-electron chi connectivity index (χ4n) is 0.589. The van der Waals surface area contributed by atoms with Gasteiger partial charge >= 0.3 is 0 Å². The number of rotatable bonds is 2. The van der Waals surface area contributed by atoms with Gasteiger partial charge in [0, 0.05) is 11.9 Å². The van der Waals surface area contributed by atoms with Crippen LogP contribution in [0.15, 0.2) is 23.7 Å². The summed E-state index contributed by atoms with van der Waals surface area (Å²) in [7, 11) is 0. The van der Waals surface area contributed by atoms with Gasteiger partial charge in [0.15, 0.2) is 0 Å². The molecule has 0 aliphatic heterocycles. The van der Waals surface area contributed by atoms with Crippen molar-refractivity contribution in [1.82, 2.24) is 4.98 Å². The summed E-state index contributed by atoms with van der Waals surface area (Å²) in [5.74, 6) is 0. The molecule has 0 aliphatic carbocycles. The lowest BCUT2D eigenvalue weighted by molar-refractivity contribution is 1.38. The van der Waals surface area contributed by atoms with Gasteiger partial charge in [-0.05, 0) is 29.9 Å². The summed E-state index contributed by atoms with van der Waals surface area (Å²) in [6.07, 6.45) is 6.00. The van der Waals surface area contributed by atoms with Crippen LogP contribution in [0.1, 0.15) is 5.69 Å². The molecule has 1 rings (SSSR count). The van der Waals surface area contributed by atoms with Crippen molar-refractivity contribution in [2.24, 2.45) is 0 Å². The smallest absolute Gasteiger partial charge is 0.0385 e. The van der Waals surface area contributed by atoms with Gasteiger partial charge in [-0.1, -0.05) is 0 Å². The van der Waals surface area contributed by atoms with Crippen molar-refractivity contribution in [3.8, 4) is 0 Å². The van der Waals surface area contributed by atoms with Crippen LogP contribution >= 0.6 is 11.8 Å². The van der Waals surface area contributed by atoms with E-state index < -0.39 is 0 Å². The highest BCUT2D eigenvalue weighted by molar-refractivity contribution is 8.01. The Morgan fingerprint density at radius 1 is 1.67 bits per heavy atom. The molecule has 0 saturated carbocycles. The second-order valence-corrected chi connectivity index (χ2v) is 2.41. The lowest BCUT2D eigenvalue weighted by atomic mass is 10.4. The fraction of sp³-hybridized carbons (Fsp3) is 0.143. The quantitative estimate of drug-likeness (QED) is 0.665. The van der Waals surface area contributed by atoms with Crippen molar-refractivity contribution in [3.05, 3.63) is 29.4 Å². The zero-order valence-electron chi connectivity index (χ0n) is 5.29. The van der Waals surface area contributed by atoms with Gasteiger partial charge in [0.2, 0.25) is 0 Å². The van der Waals surface area contributed by atoms with Crippen LogP contribution in [-0.4, -0.2) is 11.2 Å². The van der Waals surface area contributed by atoms with Crippen LogP contribution in [0, 0.1) is 0 Å². The van der Waals surface area contributed by atoms with Gasteiger partial charge < -0.3 is 4.98 Å². The molecular formula is C7H9NS. The summed E-state index contributed by atoms with van der Waals surface area (Å²) >= 11 is 1.70. The van der Waals surface area contributed by atoms with Gasteiger partial charge in [0.25, 0.3) is 0 Å². The molecule has 0 amide bonds. The van der Waals surface area contributed by atoms with Gasteiger partial charge in [0.05, 0.1) is 0 Å². The van der Waals surface area contributed by atoms with E-state index in [1.165, 1.54) is 0 Å². The maximum Gasteiger partial charge on any atom is 0.0385 e. The van der Waals surface area contributed by atoms with Crippen molar-refractivity contribution >= 4 is 17.8 Å². The van der Waals surface area contributed by atoms with E-state index in [-0.39, 0.29) is 0 Å². The molecule has 2 heteroatoms. The molecule has 0 bridgehead atoms. The van der Waals surface area contributed by atoms with Crippen molar-refractivity contribution in [3.63, 3.8) is 0 Å². The van der Waals surface area contributed by atoms with Crippen LogP contribution in [-0.2, 0) is 0 Å². The van der Waals surface area contributed by atoms with Crippen LogP contribution in [0.2, 0.25) is 0 Å². The molecule has 1 aromatic heterocycles. The molecule has 0 unspecified atom stereocenters. The average Bonchev–Trinajstić information content (AvgIpc) is 2.34. The molecule has 0 aliphatic rings. The molecular weight excluding hydrogens is 130 g/mol. The Morgan fingerprint density at radius 3 is 3.11 bits per heavy atom. The Labute approximate surface area is 59.2 Å². The van der Waals surface area contributed by atoms with E-state index in [1.807, 2.05) is 36.1 Å². The zero-order chi connectivity index (χ0) is 6.53. The first-order valence-electron chi connectivity index (χ1n) is 2.76. The molecule has 0 aromatic carbocycles. The van der Waals surface area contributed by atoms with Crippen molar-refractivity contribution in [2.45, 2.75) is 0 Å². The number of aromatic nitrogens is 1. The Hall–Kier alpha value is -0.630. The van der Waals surface area contributed by atoms with Crippen LogP contribution in [0.4, 0.5) is 0 Å². The number of H-pyrrole nitrogens is 1. The van der Waals surface area contributed by atoms with E-state index in [0.717, 1.165) is 5.69 Å². The highest BCUT2D eigenvalue weighted by Gasteiger charge is 1.80. The monoisotopic (exact) mass is 139 g/mol. The second kappa shape index (κ2) is 3.41. The van der Waals surface area contributed by atoms with E-state index in [4.69, 9.17) is 0 Å². The Morgan fingerprint density at radius 2 is 2.56 bits per heavy atom. The van der Waals surface area contributed by atoms with Gasteiger partial charge in [-0.2, -0.15) is 0 Å². The molecule has 1 aromatic rings. The van der Waals surface area contributed by atoms with Crippen molar-refractivity contribution in [2.75, 3.05) is 6.26 Å². The molecule has 1 heterocycles. The first-order chi connectivity index (χ1) is 4.43. The van der Waals surface area contributed by atoms with Gasteiger partial charge in [-0.3, -0.25) is 0 Å². The lowest BCUT2D eigenvalue weighted by Crippen LogP contribution is -1.63. The number of nitrogens with one attached hydrogen (secondary N) is 1. The van der Waals surface area contributed by atoms with E-state index in [9.17, 15) is 0 Å². The third kappa shape index (κ3) is 1.98. The molecule has 9 heavy (non-hydrogen) atoms. The summed E-state index contributed by atoms with van der Waals surface area (Å²) in [6.45, 7) is 0. The van der Waals surface area contributed by atoms with Crippen LogP contribution < -0.4 is 0 Å². The van der Waals surface area contributed by atoms with Crippen LogP contribution in [0.25, 0.3) is 6.08 Å². The van der Waals surface area contributed by atoms with E-state index >= 15 is 0 Å². The maximum atomic E-state index is 3.07. The molecule has 0 saturated heterocycles. The summed E-state index contributed by atoms with van der Waals surface area (Å²) in [6, 6.07) is 4.02. The zero-order valence-corrected chi connectivity index (χ0v) is 6.11. The SMILES string of the molecule is CS/C=C\c1ccc[nH]1. The Kier molecular flexibility index (Phi) is 2.46. The first kappa shape index (κ1) is 6.49. The van der Waals surface area contributed by atoms with Crippen molar-refractivity contribution in [1.29, 1.82) is 0 Å². The van der Waals surface area contributed by atoms with Crippen LogP contribution in [0.3, 0.4) is 0 Å². The summed E-state index contributed by atoms with van der Waals surface area (Å²) in [5.41, 5.74) is 1.16. The standard InChI is InChI=1S/C7H9NS/c1-9-6-4-7-3-2-5-8-7/h2-6,8H,1H3/b6-4-. The fourth-order valence-corrected chi connectivity index (χ4v) is 0.872. The minimum Gasteiger partial charge on any atom is -0.362 e. The molecule has 0 atom stereocenters. The molecule has 0 spiro atoms. The third-order valence-corrected chi connectivity index (χ3v) is 1.41. The molecule has 0 fully saturated rings. The van der Waals surface area contributed by atoms with Crippen molar-refractivity contribution < 1.29 is 0 Å². The maximum absolute atomic E-state index is 3.07. The number of thioether (sulfide) groups is 1. The molecule has 1 nitrogen and oxygen atoms in total. The summed E-state index contributed by atoms with van der Waals surface area (Å²) in [4.78, 5) is 3.07. The van der Waals surface area contributed by atoms with Crippen LogP contribution in [0.5, 0.6) is 0 Å². The molecule has 48 valence electrons. The van der Waals surface area contributed by atoms with Gasteiger partial charge in [-0.15, -0.1) is 11.8 Å². The third-order valence-electron chi connectivity index (χ3n) is 1.01. The second-order valence-electron chi connectivity index (χ2n) is 1.66. The number of aromatic amines is 1. The molecule has 0 radical (unpaired) electrons. The Bertz CT molecular complexity index is 177. The predicted molar refractivity (Wildman–Crippen MR) is 43.3 cm³/mol. The first-order valence-corrected chi connectivity index (χ1v) is 4.05. The Balaban J connectivity index is 2.57. The minimum absolute atomic E-state index is 1.16. The van der Waals surface area contributed by atoms with Gasteiger partial charge in [-0.25, -0.2) is 0 Å². The lowest BCUT2D eigenvalue weighted by Gasteiger charge is -1.80.